The maximum atomic E-state index is 13.3. The molecule has 3 aromatic rings. The fourth-order valence-electron chi connectivity index (χ4n) is 2.38. The van der Waals surface area contributed by atoms with E-state index in [0.717, 1.165) is 5.56 Å². The van der Waals surface area contributed by atoms with Crippen molar-refractivity contribution in [2.75, 3.05) is 0 Å². The molecule has 0 bridgehead atoms. The summed E-state index contributed by atoms with van der Waals surface area (Å²) in [5.41, 5.74) is -0.233. The molecule has 0 amide bonds. The zero-order valence-corrected chi connectivity index (χ0v) is 11.6. The van der Waals surface area contributed by atoms with Crippen LogP contribution in [-0.2, 0) is 6.18 Å². The van der Waals surface area contributed by atoms with Gasteiger partial charge in [-0.25, -0.2) is 0 Å². The Morgan fingerprint density at radius 3 is 2.32 bits per heavy atom. The van der Waals surface area contributed by atoms with Crippen LogP contribution in [-0.4, -0.2) is 0 Å². The molecule has 2 aromatic carbocycles. The average molecular weight is 304 g/mol. The van der Waals surface area contributed by atoms with E-state index in [-0.39, 0.29) is 16.5 Å². The van der Waals surface area contributed by atoms with Crippen molar-refractivity contribution in [3.8, 4) is 11.1 Å². The standard InChI is InChI=1S/C17H11F3O2/c1-10-7-8-13-12(9-10)15(21)14(11-5-3-2-4-6-11)16(22-13)17(18,19)20/h2-9H,1H3. The molecule has 22 heavy (non-hydrogen) atoms. The lowest BCUT2D eigenvalue weighted by molar-refractivity contribution is -0.152. The third-order valence-corrected chi connectivity index (χ3v) is 3.37. The third-order valence-electron chi connectivity index (χ3n) is 3.37. The minimum Gasteiger partial charge on any atom is -0.451 e. The minimum absolute atomic E-state index is 0.0670. The van der Waals surface area contributed by atoms with E-state index in [2.05, 4.69) is 0 Å². The number of halogens is 3. The van der Waals surface area contributed by atoms with E-state index in [9.17, 15) is 18.0 Å². The van der Waals surface area contributed by atoms with Crippen molar-refractivity contribution in [1.82, 2.24) is 0 Å². The predicted molar refractivity (Wildman–Crippen MR) is 77.7 cm³/mol. The number of rotatable bonds is 1. The molecule has 0 aliphatic carbocycles. The average Bonchev–Trinajstić information content (AvgIpc) is 2.47. The van der Waals surface area contributed by atoms with Gasteiger partial charge in [-0.15, -0.1) is 0 Å². The second-order valence-corrected chi connectivity index (χ2v) is 5.00. The summed E-state index contributed by atoms with van der Waals surface area (Å²) < 4.78 is 44.9. The van der Waals surface area contributed by atoms with Crippen molar-refractivity contribution in [1.29, 1.82) is 0 Å². The summed E-state index contributed by atoms with van der Waals surface area (Å²) in [4.78, 5) is 12.6. The fraction of sp³-hybridized carbons (Fsp3) is 0.118. The van der Waals surface area contributed by atoms with Gasteiger partial charge in [0.1, 0.15) is 5.58 Å². The van der Waals surface area contributed by atoms with Gasteiger partial charge in [0.25, 0.3) is 0 Å². The molecular formula is C17H11F3O2. The summed E-state index contributed by atoms with van der Waals surface area (Å²) >= 11 is 0. The molecule has 0 aliphatic heterocycles. The zero-order chi connectivity index (χ0) is 15.9. The van der Waals surface area contributed by atoms with Gasteiger partial charge in [0.05, 0.1) is 10.9 Å². The molecule has 1 aromatic heterocycles. The fourth-order valence-corrected chi connectivity index (χ4v) is 2.38. The lowest BCUT2D eigenvalue weighted by atomic mass is 10.0. The Morgan fingerprint density at radius 2 is 1.68 bits per heavy atom. The Balaban J connectivity index is 2.47. The van der Waals surface area contributed by atoms with Crippen LogP contribution in [0.4, 0.5) is 13.2 Å². The first-order valence-corrected chi connectivity index (χ1v) is 6.58. The number of fused-ring (bicyclic) bond motifs is 1. The lowest BCUT2D eigenvalue weighted by Crippen LogP contribution is -2.16. The highest BCUT2D eigenvalue weighted by Gasteiger charge is 2.39. The van der Waals surface area contributed by atoms with Crippen molar-refractivity contribution in [3.05, 3.63) is 70.1 Å². The van der Waals surface area contributed by atoms with E-state index < -0.39 is 22.9 Å². The summed E-state index contributed by atoms with van der Waals surface area (Å²) in [6, 6.07) is 12.3. The van der Waals surface area contributed by atoms with Gasteiger partial charge in [0.2, 0.25) is 11.2 Å². The van der Waals surface area contributed by atoms with Gasteiger partial charge in [-0.1, -0.05) is 42.0 Å². The van der Waals surface area contributed by atoms with E-state index in [4.69, 9.17) is 4.42 Å². The Labute approximate surface area is 123 Å². The van der Waals surface area contributed by atoms with Crippen LogP contribution in [0.1, 0.15) is 11.3 Å². The Hall–Kier alpha value is -2.56. The van der Waals surface area contributed by atoms with Crippen LogP contribution in [0.3, 0.4) is 0 Å². The summed E-state index contributed by atoms with van der Waals surface area (Å²) in [5, 5.41) is 0.145. The highest BCUT2D eigenvalue weighted by Crippen LogP contribution is 2.37. The van der Waals surface area contributed by atoms with Crippen LogP contribution in [0.2, 0.25) is 0 Å². The molecule has 0 saturated carbocycles. The summed E-state index contributed by atoms with van der Waals surface area (Å²) in [6.45, 7) is 1.76. The summed E-state index contributed by atoms with van der Waals surface area (Å²) in [5.74, 6) is -1.26. The number of hydrogen-bond acceptors (Lipinski definition) is 2. The molecule has 0 unspecified atom stereocenters. The molecular weight excluding hydrogens is 293 g/mol. The molecule has 0 radical (unpaired) electrons. The second kappa shape index (κ2) is 5.02. The van der Waals surface area contributed by atoms with Crippen molar-refractivity contribution < 1.29 is 17.6 Å². The van der Waals surface area contributed by atoms with E-state index in [0.29, 0.717) is 0 Å². The van der Waals surface area contributed by atoms with Gasteiger partial charge in [-0.2, -0.15) is 13.2 Å². The normalized spacial score (nSPS) is 11.8. The van der Waals surface area contributed by atoms with Gasteiger partial charge < -0.3 is 4.42 Å². The molecule has 0 atom stereocenters. The highest BCUT2D eigenvalue weighted by atomic mass is 19.4. The van der Waals surface area contributed by atoms with Crippen molar-refractivity contribution in [2.24, 2.45) is 0 Å². The Morgan fingerprint density at radius 1 is 1.00 bits per heavy atom. The summed E-state index contributed by atoms with van der Waals surface area (Å²) in [6.07, 6.45) is -4.75. The summed E-state index contributed by atoms with van der Waals surface area (Å²) in [7, 11) is 0. The monoisotopic (exact) mass is 304 g/mol. The smallest absolute Gasteiger partial charge is 0.450 e. The number of aryl methyl sites for hydroxylation is 1. The quantitative estimate of drug-likeness (QED) is 0.647. The van der Waals surface area contributed by atoms with Crippen LogP contribution in [0, 0.1) is 6.92 Å². The Kier molecular flexibility index (Phi) is 3.28. The lowest BCUT2D eigenvalue weighted by Gasteiger charge is -2.12. The van der Waals surface area contributed by atoms with E-state index in [1.54, 1.807) is 31.2 Å². The van der Waals surface area contributed by atoms with Gasteiger partial charge >= 0.3 is 6.18 Å². The molecule has 1 heterocycles. The molecule has 3 rings (SSSR count). The van der Waals surface area contributed by atoms with Gasteiger partial charge in [-0.05, 0) is 24.6 Å². The topological polar surface area (TPSA) is 30.2 Å². The molecule has 5 heteroatoms. The van der Waals surface area contributed by atoms with Gasteiger partial charge in [0, 0.05) is 0 Å². The highest BCUT2D eigenvalue weighted by molar-refractivity contribution is 5.83. The van der Waals surface area contributed by atoms with Crippen LogP contribution in [0.5, 0.6) is 0 Å². The number of hydrogen-bond donors (Lipinski definition) is 0. The molecule has 0 saturated heterocycles. The van der Waals surface area contributed by atoms with Gasteiger partial charge in [-0.3, -0.25) is 4.79 Å². The molecule has 0 spiro atoms. The SMILES string of the molecule is Cc1ccc2oc(C(F)(F)F)c(-c3ccccc3)c(=O)c2c1. The first-order chi connectivity index (χ1) is 10.4. The predicted octanol–water partition coefficient (Wildman–Crippen LogP) is 4.79. The molecule has 0 fully saturated rings. The number of benzene rings is 2. The maximum absolute atomic E-state index is 13.3. The van der Waals surface area contributed by atoms with E-state index in [1.165, 1.54) is 24.3 Å². The van der Waals surface area contributed by atoms with Crippen LogP contribution in [0.15, 0.2) is 57.7 Å². The molecule has 112 valence electrons. The molecule has 2 nitrogen and oxygen atoms in total. The van der Waals surface area contributed by atoms with Crippen LogP contribution < -0.4 is 5.43 Å². The van der Waals surface area contributed by atoms with Crippen LogP contribution >= 0.6 is 0 Å². The van der Waals surface area contributed by atoms with Crippen molar-refractivity contribution in [3.63, 3.8) is 0 Å². The second-order valence-electron chi connectivity index (χ2n) is 5.00. The van der Waals surface area contributed by atoms with Gasteiger partial charge in [0.15, 0.2) is 0 Å². The molecule has 0 aliphatic rings. The van der Waals surface area contributed by atoms with Crippen molar-refractivity contribution in [2.45, 2.75) is 13.1 Å². The zero-order valence-electron chi connectivity index (χ0n) is 11.6. The number of alkyl halides is 3. The first kappa shape index (κ1) is 14.4. The van der Waals surface area contributed by atoms with E-state index >= 15 is 0 Å². The maximum Gasteiger partial charge on any atom is 0.450 e. The Bertz CT molecular complexity index is 893. The third kappa shape index (κ3) is 2.39. The minimum atomic E-state index is -4.75. The van der Waals surface area contributed by atoms with Crippen LogP contribution in [0.25, 0.3) is 22.1 Å². The first-order valence-electron chi connectivity index (χ1n) is 6.58. The molecule has 0 N–H and O–H groups in total. The van der Waals surface area contributed by atoms with Crippen molar-refractivity contribution >= 4 is 11.0 Å². The van der Waals surface area contributed by atoms with E-state index in [1.807, 2.05) is 0 Å². The largest absolute Gasteiger partial charge is 0.451 e.